The first kappa shape index (κ1) is 16.9. The van der Waals surface area contributed by atoms with Crippen LogP contribution in [0.1, 0.15) is 53.9 Å². The molecule has 4 heteroatoms. The van der Waals surface area contributed by atoms with Crippen LogP contribution >= 0.6 is 0 Å². The Morgan fingerprint density at radius 1 is 1.33 bits per heavy atom. The van der Waals surface area contributed by atoms with Gasteiger partial charge in [-0.05, 0) is 24.7 Å². The molecule has 0 rings (SSSR count). The minimum atomic E-state index is -0.945. The summed E-state index contributed by atoms with van der Waals surface area (Å²) in [4.78, 5) is 12.3. The number of carbonyl (C=O) groups is 1. The number of nitrogens with zero attached hydrogens (tertiary/aromatic N) is 1. The van der Waals surface area contributed by atoms with E-state index in [1.807, 2.05) is 34.6 Å². The van der Waals surface area contributed by atoms with E-state index in [2.05, 4.69) is 11.4 Å². The van der Waals surface area contributed by atoms with E-state index >= 15 is 0 Å². The molecule has 1 amide bonds. The lowest BCUT2D eigenvalue weighted by atomic mass is 9.80. The lowest BCUT2D eigenvalue weighted by Crippen LogP contribution is -2.49. The highest BCUT2D eigenvalue weighted by molar-refractivity contribution is 5.85. The van der Waals surface area contributed by atoms with E-state index in [9.17, 15) is 10.1 Å². The molecule has 0 aromatic heterocycles. The van der Waals surface area contributed by atoms with Crippen LogP contribution in [0, 0.1) is 22.2 Å². The molecule has 0 aliphatic heterocycles. The molecule has 104 valence electrons. The van der Waals surface area contributed by atoms with Crippen molar-refractivity contribution in [3.05, 3.63) is 0 Å². The molecule has 0 radical (unpaired) electrons. The van der Waals surface area contributed by atoms with Crippen molar-refractivity contribution in [2.45, 2.75) is 59.9 Å². The molecule has 0 spiro atoms. The van der Waals surface area contributed by atoms with Crippen LogP contribution in [0.4, 0.5) is 0 Å². The lowest BCUT2D eigenvalue weighted by molar-refractivity contribution is -0.130. The molecule has 0 saturated heterocycles. The maximum Gasteiger partial charge on any atom is 0.240 e. The minimum Gasteiger partial charge on any atom is -0.396 e. The van der Waals surface area contributed by atoms with Crippen LogP contribution in [0.15, 0.2) is 0 Å². The van der Waals surface area contributed by atoms with Crippen molar-refractivity contribution in [2.24, 2.45) is 10.8 Å². The Hall–Kier alpha value is -1.08. The van der Waals surface area contributed by atoms with Gasteiger partial charge in [0.25, 0.3) is 0 Å². The zero-order chi connectivity index (χ0) is 14.4. The van der Waals surface area contributed by atoms with Crippen molar-refractivity contribution in [3.63, 3.8) is 0 Å². The molecule has 0 aliphatic carbocycles. The number of hydrogen-bond donors (Lipinski definition) is 2. The SMILES string of the molecule is CCC(C#N)(CC)C(=O)NC(CCO)C(C)(C)C. The molecule has 0 bridgehead atoms. The predicted molar refractivity (Wildman–Crippen MR) is 71.7 cm³/mol. The molecule has 0 aromatic carbocycles. The predicted octanol–water partition coefficient (Wildman–Crippen LogP) is 2.23. The van der Waals surface area contributed by atoms with Crippen LogP contribution in [-0.4, -0.2) is 23.7 Å². The summed E-state index contributed by atoms with van der Waals surface area (Å²) in [6.45, 7) is 9.77. The maximum absolute atomic E-state index is 12.3. The van der Waals surface area contributed by atoms with Gasteiger partial charge in [0.2, 0.25) is 5.91 Å². The molecule has 18 heavy (non-hydrogen) atoms. The third-order valence-corrected chi connectivity index (χ3v) is 3.62. The second kappa shape index (κ2) is 6.75. The van der Waals surface area contributed by atoms with Gasteiger partial charge in [-0.1, -0.05) is 34.6 Å². The molecular formula is C14H26N2O2. The first-order valence-corrected chi connectivity index (χ1v) is 6.60. The Bertz CT molecular complexity index is 309. The third-order valence-electron chi connectivity index (χ3n) is 3.62. The van der Waals surface area contributed by atoms with E-state index in [-0.39, 0.29) is 24.0 Å². The summed E-state index contributed by atoms with van der Waals surface area (Å²) < 4.78 is 0. The number of rotatable bonds is 6. The van der Waals surface area contributed by atoms with Gasteiger partial charge in [0, 0.05) is 12.6 Å². The summed E-state index contributed by atoms with van der Waals surface area (Å²) in [5.74, 6) is -0.219. The Labute approximate surface area is 110 Å². The van der Waals surface area contributed by atoms with Gasteiger partial charge in [-0.25, -0.2) is 0 Å². The summed E-state index contributed by atoms with van der Waals surface area (Å²) in [6.07, 6.45) is 1.51. The Morgan fingerprint density at radius 3 is 2.11 bits per heavy atom. The van der Waals surface area contributed by atoms with Crippen molar-refractivity contribution in [1.29, 1.82) is 5.26 Å². The molecule has 0 aromatic rings. The van der Waals surface area contributed by atoms with E-state index in [4.69, 9.17) is 5.11 Å². The van der Waals surface area contributed by atoms with Gasteiger partial charge in [-0.15, -0.1) is 0 Å². The van der Waals surface area contributed by atoms with Crippen LogP contribution in [0.2, 0.25) is 0 Å². The smallest absolute Gasteiger partial charge is 0.240 e. The van der Waals surface area contributed by atoms with Crippen LogP contribution < -0.4 is 5.32 Å². The average molecular weight is 254 g/mol. The number of aliphatic hydroxyl groups is 1. The molecule has 0 aliphatic rings. The third kappa shape index (κ3) is 3.99. The number of carbonyl (C=O) groups excluding carboxylic acids is 1. The van der Waals surface area contributed by atoms with Gasteiger partial charge in [0.05, 0.1) is 6.07 Å². The normalized spacial score (nSPS) is 13.8. The van der Waals surface area contributed by atoms with E-state index in [1.165, 1.54) is 0 Å². The minimum absolute atomic E-state index is 0.0278. The van der Waals surface area contributed by atoms with Crippen molar-refractivity contribution in [3.8, 4) is 6.07 Å². The van der Waals surface area contributed by atoms with Gasteiger partial charge in [-0.2, -0.15) is 5.26 Å². The van der Waals surface area contributed by atoms with Crippen LogP contribution in [0.3, 0.4) is 0 Å². The molecule has 2 N–H and O–H groups in total. The zero-order valence-corrected chi connectivity index (χ0v) is 12.2. The van der Waals surface area contributed by atoms with Crippen LogP contribution in [0.25, 0.3) is 0 Å². The highest BCUT2D eigenvalue weighted by Crippen LogP contribution is 2.28. The zero-order valence-electron chi connectivity index (χ0n) is 12.2. The fraction of sp³-hybridized carbons (Fsp3) is 0.857. The molecule has 0 fully saturated rings. The fourth-order valence-corrected chi connectivity index (χ4v) is 1.93. The maximum atomic E-state index is 12.3. The summed E-state index contributed by atoms with van der Waals surface area (Å²) in [7, 11) is 0. The first-order chi connectivity index (χ1) is 8.27. The number of nitriles is 1. The quantitative estimate of drug-likeness (QED) is 0.763. The van der Waals surface area contributed by atoms with Crippen LogP contribution in [-0.2, 0) is 4.79 Å². The molecular weight excluding hydrogens is 228 g/mol. The number of hydrogen-bond acceptors (Lipinski definition) is 3. The second-order valence-electron chi connectivity index (χ2n) is 5.81. The standard InChI is InChI=1S/C14H26N2O2/c1-6-14(7-2,10-15)12(18)16-11(8-9-17)13(3,4)5/h11,17H,6-9H2,1-5H3,(H,16,18). The monoisotopic (exact) mass is 254 g/mol. The van der Waals surface area contributed by atoms with Crippen molar-refractivity contribution >= 4 is 5.91 Å². The first-order valence-electron chi connectivity index (χ1n) is 6.60. The van der Waals surface area contributed by atoms with E-state index in [0.717, 1.165) is 0 Å². The van der Waals surface area contributed by atoms with Crippen molar-refractivity contribution < 1.29 is 9.90 Å². The van der Waals surface area contributed by atoms with Gasteiger partial charge >= 0.3 is 0 Å². The van der Waals surface area contributed by atoms with Crippen LogP contribution in [0.5, 0.6) is 0 Å². The largest absolute Gasteiger partial charge is 0.396 e. The topological polar surface area (TPSA) is 73.1 Å². The number of nitrogens with one attached hydrogen (secondary N) is 1. The lowest BCUT2D eigenvalue weighted by Gasteiger charge is -2.34. The number of aliphatic hydroxyl groups excluding tert-OH is 1. The van der Waals surface area contributed by atoms with E-state index < -0.39 is 5.41 Å². The average Bonchev–Trinajstić information content (AvgIpc) is 2.30. The molecule has 1 atom stereocenters. The Morgan fingerprint density at radius 2 is 1.83 bits per heavy atom. The molecule has 0 saturated carbocycles. The van der Waals surface area contributed by atoms with E-state index in [1.54, 1.807) is 0 Å². The second-order valence-corrected chi connectivity index (χ2v) is 5.81. The molecule has 4 nitrogen and oxygen atoms in total. The van der Waals surface area contributed by atoms with Crippen molar-refractivity contribution in [2.75, 3.05) is 6.61 Å². The Kier molecular flexibility index (Phi) is 6.34. The molecule has 0 heterocycles. The Balaban J connectivity index is 4.95. The highest BCUT2D eigenvalue weighted by atomic mass is 16.3. The summed E-state index contributed by atoms with van der Waals surface area (Å²) in [5.41, 5.74) is -1.08. The fourth-order valence-electron chi connectivity index (χ4n) is 1.93. The number of amides is 1. The van der Waals surface area contributed by atoms with Gasteiger partial charge in [0.15, 0.2) is 0 Å². The highest BCUT2D eigenvalue weighted by Gasteiger charge is 2.37. The van der Waals surface area contributed by atoms with Gasteiger partial charge < -0.3 is 10.4 Å². The van der Waals surface area contributed by atoms with Gasteiger partial charge in [-0.3, -0.25) is 4.79 Å². The summed E-state index contributed by atoms with van der Waals surface area (Å²) >= 11 is 0. The van der Waals surface area contributed by atoms with Gasteiger partial charge in [0.1, 0.15) is 5.41 Å². The summed E-state index contributed by atoms with van der Waals surface area (Å²) in [6, 6.07) is 2.01. The molecule has 1 unspecified atom stereocenters. The van der Waals surface area contributed by atoms with Crippen molar-refractivity contribution in [1.82, 2.24) is 5.32 Å². The van der Waals surface area contributed by atoms with E-state index in [0.29, 0.717) is 19.3 Å². The summed E-state index contributed by atoms with van der Waals surface area (Å²) in [5, 5.41) is 21.2.